The van der Waals surface area contributed by atoms with Crippen molar-refractivity contribution in [3.63, 3.8) is 0 Å². The highest BCUT2D eigenvalue weighted by Gasteiger charge is 2.29. The third-order valence-corrected chi connectivity index (χ3v) is 3.31. The van der Waals surface area contributed by atoms with E-state index in [4.69, 9.17) is 11.6 Å². The number of carbonyl (C=O) groups is 1. The van der Waals surface area contributed by atoms with Gasteiger partial charge in [0, 0.05) is 16.6 Å². The van der Waals surface area contributed by atoms with Gasteiger partial charge >= 0.3 is 0 Å². The van der Waals surface area contributed by atoms with E-state index in [9.17, 15) is 4.79 Å². The Morgan fingerprint density at radius 2 is 2.05 bits per heavy atom. The van der Waals surface area contributed by atoms with Crippen molar-refractivity contribution in [1.82, 2.24) is 4.98 Å². The molecule has 0 saturated heterocycles. The summed E-state index contributed by atoms with van der Waals surface area (Å²) in [5.74, 6) is 0.827. The van der Waals surface area contributed by atoms with Crippen LogP contribution in [0.15, 0.2) is 42.6 Å². The number of hydrogen-bond acceptors (Lipinski definition) is 3. The molecule has 1 saturated carbocycles. The molecule has 0 spiro atoms. The van der Waals surface area contributed by atoms with Crippen molar-refractivity contribution in [2.75, 3.05) is 10.6 Å². The molecule has 1 aromatic carbocycles. The zero-order chi connectivity index (χ0) is 13.9. The van der Waals surface area contributed by atoms with Crippen molar-refractivity contribution in [3.05, 3.63) is 47.6 Å². The molecule has 0 aliphatic heterocycles. The van der Waals surface area contributed by atoms with E-state index in [0.717, 1.165) is 24.2 Å². The Hall–Kier alpha value is -2.07. The lowest BCUT2D eigenvalue weighted by Crippen LogP contribution is -2.14. The lowest BCUT2D eigenvalue weighted by molar-refractivity contribution is -0.117. The summed E-state index contributed by atoms with van der Waals surface area (Å²) in [7, 11) is 0. The van der Waals surface area contributed by atoms with Crippen LogP contribution in [-0.2, 0) is 4.79 Å². The van der Waals surface area contributed by atoms with E-state index in [1.54, 1.807) is 12.3 Å². The molecular weight excluding hydrogens is 274 g/mol. The SMILES string of the molecule is O=C(Nc1ccc(Nc2cccc(Cl)c2)cn1)C1CC1. The van der Waals surface area contributed by atoms with Crippen molar-refractivity contribution < 1.29 is 4.79 Å². The topological polar surface area (TPSA) is 54.0 Å². The van der Waals surface area contributed by atoms with E-state index in [1.165, 1.54) is 0 Å². The lowest BCUT2D eigenvalue weighted by atomic mass is 10.3. The van der Waals surface area contributed by atoms with Gasteiger partial charge in [-0.15, -0.1) is 0 Å². The number of anilines is 3. The molecule has 1 aromatic heterocycles. The Labute approximate surface area is 122 Å². The number of nitrogens with one attached hydrogen (secondary N) is 2. The summed E-state index contributed by atoms with van der Waals surface area (Å²) in [6.07, 6.45) is 3.66. The molecule has 20 heavy (non-hydrogen) atoms. The van der Waals surface area contributed by atoms with Gasteiger partial charge in [0.25, 0.3) is 0 Å². The van der Waals surface area contributed by atoms with E-state index < -0.39 is 0 Å². The molecule has 0 atom stereocenters. The predicted octanol–water partition coefficient (Wildman–Crippen LogP) is 3.83. The second kappa shape index (κ2) is 5.51. The maximum Gasteiger partial charge on any atom is 0.228 e. The molecule has 1 aliphatic carbocycles. The summed E-state index contributed by atoms with van der Waals surface area (Å²) in [5, 5.41) is 6.68. The number of rotatable bonds is 4. The fraction of sp³-hybridized carbons (Fsp3) is 0.200. The van der Waals surface area contributed by atoms with Crippen LogP contribution in [0.5, 0.6) is 0 Å². The molecule has 1 amide bonds. The second-order valence-corrected chi connectivity index (χ2v) is 5.27. The van der Waals surface area contributed by atoms with Gasteiger partial charge in [0.05, 0.1) is 11.9 Å². The van der Waals surface area contributed by atoms with Crippen molar-refractivity contribution in [2.24, 2.45) is 5.92 Å². The van der Waals surface area contributed by atoms with Crippen molar-refractivity contribution in [2.45, 2.75) is 12.8 Å². The highest BCUT2D eigenvalue weighted by molar-refractivity contribution is 6.30. The number of nitrogens with zero attached hydrogens (tertiary/aromatic N) is 1. The third-order valence-electron chi connectivity index (χ3n) is 3.08. The minimum absolute atomic E-state index is 0.0630. The smallest absolute Gasteiger partial charge is 0.228 e. The van der Waals surface area contributed by atoms with E-state index in [-0.39, 0.29) is 11.8 Å². The van der Waals surface area contributed by atoms with Crippen molar-refractivity contribution >= 4 is 34.7 Å². The largest absolute Gasteiger partial charge is 0.354 e. The van der Waals surface area contributed by atoms with Crippen LogP contribution in [0.3, 0.4) is 0 Å². The van der Waals surface area contributed by atoms with Crippen LogP contribution in [0.4, 0.5) is 17.2 Å². The Bertz CT molecular complexity index is 623. The van der Waals surface area contributed by atoms with Gasteiger partial charge in [-0.3, -0.25) is 4.79 Å². The molecule has 2 N–H and O–H groups in total. The monoisotopic (exact) mass is 287 g/mol. The average molecular weight is 288 g/mol. The van der Waals surface area contributed by atoms with Crippen molar-refractivity contribution in [3.8, 4) is 0 Å². The van der Waals surface area contributed by atoms with Crippen LogP contribution in [0, 0.1) is 5.92 Å². The fourth-order valence-electron chi connectivity index (χ4n) is 1.85. The molecule has 0 bridgehead atoms. The summed E-state index contributed by atoms with van der Waals surface area (Å²) in [6.45, 7) is 0. The number of carbonyl (C=O) groups excluding carboxylic acids is 1. The van der Waals surface area contributed by atoms with Crippen molar-refractivity contribution in [1.29, 1.82) is 0 Å². The van der Waals surface area contributed by atoms with Crippen LogP contribution in [0.25, 0.3) is 0 Å². The highest BCUT2D eigenvalue weighted by Crippen LogP contribution is 2.30. The minimum Gasteiger partial charge on any atom is -0.354 e. The van der Waals surface area contributed by atoms with Crippen LogP contribution in [0.1, 0.15) is 12.8 Å². The third kappa shape index (κ3) is 3.27. The predicted molar refractivity (Wildman–Crippen MR) is 80.3 cm³/mol. The molecule has 5 heteroatoms. The fourth-order valence-corrected chi connectivity index (χ4v) is 2.04. The first-order chi connectivity index (χ1) is 9.70. The van der Waals surface area contributed by atoms with Gasteiger partial charge in [-0.25, -0.2) is 4.98 Å². The molecule has 3 rings (SSSR count). The Morgan fingerprint density at radius 1 is 1.20 bits per heavy atom. The van der Waals surface area contributed by atoms with Crippen LogP contribution in [0.2, 0.25) is 5.02 Å². The molecule has 4 nitrogen and oxygen atoms in total. The van der Waals surface area contributed by atoms with Gasteiger partial charge in [-0.05, 0) is 43.2 Å². The van der Waals surface area contributed by atoms with Gasteiger partial charge in [0.2, 0.25) is 5.91 Å². The number of benzene rings is 1. The Morgan fingerprint density at radius 3 is 2.70 bits per heavy atom. The van der Waals surface area contributed by atoms with E-state index in [1.807, 2.05) is 30.3 Å². The zero-order valence-corrected chi connectivity index (χ0v) is 11.5. The number of pyridine rings is 1. The first kappa shape index (κ1) is 12.9. The molecule has 1 heterocycles. The second-order valence-electron chi connectivity index (χ2n) is 4.83. The van der Waals surface area contributed by atoms with Gasteiger partial charge < -0.3 is 10.6 Å². The van der Waals surface area contributed by atoms with E-state index in [2.05, 4.69) is 15.6 Å². The summed E-state index contributed by atoms with van der Waals surface area (Å²) >= 11 is 5.93. The first-order valence-electron chi connectivity index (χ1n) is 6.50. The maximum atomic E-state index is 11.6. The first-order valence-corrected chi connectivity index (χ1v) is 6.88. The minimum atomic E-state index is 0.0630. The lowest BCUT2D eigenvalue weighted by Gasteiger charge is -2.08. The van der Waals surface area contributed by atoms with Gasteiger partial charge in [-0.1, -0.05) is 17.7 Å². The van der Waals surface area contributed by atoms with E-state index >= 15 is 0 Å². The molecular formula is C15H14ClN3O. The number of aromatic nitrogens is 1. The van der Waals surface area contributed by atoms with E-state index in [0.29, 0.717) is 10.8 Å². The standard InChI is InChI=1S/C15H14ClN3O/c16-11-2-1-3-12(8-11)18-13-6-7-14(17-9-13)19-15(20)10-4-5-10/h1-3,6-10,18H,4-5H2,(H,17,19,20). The van der Waals surface area contributed by atoms with Gasteiger partial charge in [-0.2, -0.15) is 0 Å². The maximum absolute atomic E-state index is 11.6. The molecule has 1 fully saturated rings. The molecule has 0 radical (unpaired) electrons. The molecule has 0 unspecified atom stereocenters. The van der Waals surface area contributed by atoms with Gasteiger partial charge in [0.1, 0.15) is 5.82 Å². The van der Waals surface area contributed by atoms with Crippen LogP contribution < -0.4 is 10.6 Å². The number of hydrogen-bond donors (Lipinski definition) is 2. The van der Waals surface area contributed by atoms with Gasteiger partial charge in [0.15, 0.2) is 0 Å². The number of amides is 1. The quantitative estimate of drug-likeness (QED) is 0.898. The average Bonchev–Trinajstić information content (AvgIpc) is 3.25. The normalized spacial score (nSPS) is 13.8. The molecule has 102 valence electrons. The summed E-state index contributed by atoms with van der Waals surface area (Å²) in [6, 6.07) is 11.1. The summed E-state index contributed by atoms with van der Waals surface area (Å²) in [4.78, 5) is 15.8. The van der Waals surface area contributed by atoms with Crippen LogP contribution in [-0.4, -0.2) is 10.9 Å². The Kier molecular flexibility index (Phi) is 3.56. The van der Waals surface area contributed by atoms with Crippen LogP contribution >= 0.6 is 11.6 Å². The highest BCUT2D eigenvalue weighted by atomic mass is 35.5. The number of halogens is 1. The Balaban J connectivity index is 1.65. The molecule has 1 aliphatic rings. The molecule has 2 aromatic rings. The summed E-state index contributed by atoms with van der Waals surface area (Å²) < 4.78 is 0. The zero-order valence-electron chi connectivity index (χ0n) is 10.8. The summed E-state index contributed by atoms with van der Waals surface area (Å²) in [5.41, 5.74) is 1.74.